The molecule has 0 bridgehead atoms. The summed E-state index contributed by atoms with van der Waals surface area (Å²) in [6.45, 7) is 4.23. The van der Waals surface area contributed by atoms with E-state index in [9.17, 15) is 0 Å². The second kappa shape index (κ2) is 6.21. The molecule has 0 aliphatic heterocycles. The summed E-state index contributed by atoms with van der Waals surface area (Å²) in [5.74, 6) is 0. The van der Waals surface area contributed by atoms with Gasteiger partial charge < -0.3 is 10.3 Å². The number of aryl methyl sites for hydroxylation is 2. The molecule has 1 heterocycles. The number of rotatable bonds is 5. The van der Waals surface area contributed by atoms with Gasteiger partial charge in [0.1, 0.15) is 6.33 Å². The van der Waals surface area contributed by atoms with Gasteiger partial charge in [-0.25, -0.2) is 0 Å². The second-order valence-electron chi connectivity index (χ2n) is 4.81. The van der Waals surface area contributed by atoms with Gasteiger partial charge in [-0.05, 0) is 43.2 Å². The van der Waals surface area contributed by atoms with Crippen molar-refractivity contribution in [1.82, 2.24) is 14.8 Å². The number of nitrogens with two attached hydrogens (primary N) is 1. The van der Waals surface area contributed by atoms with E-state index in [-0.39, 0.29) is 6.04 Å². The van der Waals surface area contributed by atoms with Gasteiger partial charge in [0.15, 0.2) is 5.16 Å². The monoisotopic (exact) mass is 276 g/mol. The van der Waals surface area contributed by atoms with Crippen LogP contribution in [0.3, 0.4) is 0 Å². The predicted octanol–water partition coefficient (Wildman–Crippen LogP) is 2.55. The predicted molar refractivity (Wildman–Crippen MR) is 78.3 cm³/mol. The summed E-state index contributed by atoms with van der Waals surface area (Å²) in [4.78, 5) is 1.21. The van der Waals surface area contributed by atoms with Crippen LogP contribution in [0.15, 0.2) is 34.6 Å². The van der Waals surface area contributed by atoms with Gasteiger partial charge in [0.2, 0.25) is 0 Å². The van der Waals surface area contributed by atoms with Crippen LogP contribution in [0.4, 0.5) is 0 Å². The zero-order valence-corrected chi connectivity index (χ0v) is 12.4. The minimum atomic E-state index is 0.209. The van der Waals surface area contributed by atoms with Crippen LogP contribution in [0.1, 0.15) is 24.5 Å². The molecule has 0 saturated heterocycles. The molecule has 1 unspecified atom stereocenters. The third-order valence-electron chi connectivity index (χ3n) is 3.09. The van der Waals surface area contributed by atoms with E-state index in [1.165, 1.54) is 16.0 Å². The minimum absolute atomic E-state index is 0.209. The Labute approximate surface area is 118 Å². The Hall–Kier alpha value is -1.33. The molecule has 0 fully saturated rings. The Morgan fingerprint density at radius 1 is 1.42 bits per heavy atom. The lowest BCUT2D eigenvalue weighted by atomic mass is 10.0. The van der Waals surface area contributed by atoms with E-state index in [0.717, 1.165) is 18.0 Å². The fraction of sp³-hybridized carbons (Fsp3) is 0.429. The molecule has 1 aromatic heterocycles. The molecule has 2 aromatic rings. The Morgan fingerprint density at radius 2 is 2.21 bits per heavy atom. The van der Waals surface area contributed by atoms with Gasteiger partial charge in [-0.2, -0.15) is 0 Å². The van der Waals surface area contributed by atoms with E-state index in [1.807, 2.05) is 11.6 Å². The summed E-state index contributed by atoms with van der Waals surface area (Å²) >= 11 is 1.64. The molecule has 19 heavy (non-hydrogen) atoms. The van der Waals surface area contributed by atoms with Crippen molar-refractivity contribution >= 4 is 11.8 Å². The van der Waals surface area contributed by atoms with E-state index in [0.29, 0.717) is 0 Å². The highest BCUT2D eigenvalue weighted by atomic mass is 32.2. The maximum atomic E-state index is 6.08. The van der Waals surface area contributed by atoms with Crippen LogP contribution in [0, 0.1) is 6.92 Å². The van der Waals surface area contributed by atoms with Crippen molar-refractivity contribution in [1.29, 1.82) is 0 Å². The second-order valence-corrected chi connectivity index (χ2v) is 5.82. The fourth-order valence-electron chi connectivity index (χ4n) is 1.86. The van der Waals surface area contributed by atoms with Crippen molar-refractivity contribution in [2.75, 3.05) is 0 Å². The molecule has 0 amide bonds. The van der Waals surface area contributed by atoms with Crippen LogP contribution < -0.4 is 5.73 Å². The summed E-state index contributed by atoms with van der Waals surface area (Å²) < 4.78 is 1.92. The van der Waals surface area contributed by atoms with Gasteiger partial charge in [-0.15, -0.1) is 10.2 Å². The topological polar surface area (TPSA) is 56.7 Å². The number of hydrogen-bond acceptors (Lipinski definition) is 4. The van der Waals surface area contributed by atoms with Crippen LogP contribution in [-0.2, 0) is 13.5 Å². The first-order valence-electron chi connectivity index (χ1n) is 6.47. The first-order valence-corrected chi connectivity index (χ1v) is 7.28. The molecule has 5 heteroatoms. The van der Waals surface area contributed by atoms with Gasteiger partial charge in [0.05, 0.1) is 0 Å². The van der Waals surface area contributed by atoms with Crippen LogP contribution in [0.2, 0.25) is 0 Å². The Morgan fingerprint density at radius 3 is 2.84 bits per heavy atom. The smallest absolute Gasteiger partial charge is 0.195 e. The third kappa shape index (κ3) is 3.58. The lowest BCUT2D eigenvalue weighted by Gasteiger charge is -2.13. The largest absolute Gasteiger partial charge is 0.327 e. The molecular weight excluding hydrogens is 256 g/mol. The average Bonchev–Trinajstić information content (AvgIpc) is 2.78. The Bertz CT molecular complexity index is 550. The molecule has 0 spiro atoms. The van der Waals surface area contributed by atoms with Crippen molar-refractivity contribution in [2.24, 2.45) is 12.8 Å². The number of aromatic nitrogens is 3. The highest BCUT2D eigenvalue weighted by Gasteiger charge is 2.11. The van der Waals surface area contributed by atoms with E-state index in [2.05, 4.69) is 42.2 Å². The lowest BCUT2D eigenvalue weighted by molar-refractivity contribution is 0.640. The summed E-state index contributed by atoms with van der Waals surface area (Å²) in [7, 11) is 1.95. The van der Waals surface area contributed by atoms with Crippen molar-refractivity contribution in [3.8, 4) is 0 Å². The first-order chi connectivity index (χ1) is 9.10. The highest BCUT2D eigenvalue weighted by Crippen LogP contribution is 2.30. The van der Waals surface area contributed by atoms with Crippen LogP contribution in [0.25, 0.3) is 0 Å². The van der Waals surface area contributed by atoms with Crippen molar-refractivity contribution in [3.63, 3.8) is 0 Å². The summed E-state index contributed by atoms with van der Waals surface area (Å²) in [5.41, 5.74) is 8.64. The third-order valence-corrected chi connectivity index (χ3v) is 4.26. The molecule has 1 aromatic carbocycles. The first kappa shape index (κ1) is 14.1. The average molecular weight is 276 g/mol. The SMILES string of the molecule is CCC(N)Cc1cc(C)ccc1Sc1nncn1C. The molecule has 0 radical (unpaired) electrons. The molecule has 0 aliphatic rings. The van der Waals surface area contributed by atoms with E-state index in [1.54, 1.807) is 18.1 Å². The molecule has 2 rings (SSSR count). The van der Waals surface area contributed by atoms with Gasteiger partial charge in [-0.1, -0.05) is 24.6 Å². The number of benzene rings is 1. The van der Waals surface area contributed by atoms with Crippen LogP contribution in [0.5, 0.6) is 0 Å². The van der Waals surface area contributed by atoms with Crippen LogP contribution in [-0.4, -0.2) is 20.8 Å². The molecule has 1 atom stereocenters. The Kier molecular flexibility index (Phi) is 4.61. The van der Waals surface area contributed by atoms with Crippen LogP contribution >= 0.6 is 11.8 Å². The fourth-order valence-corrected chi connectivity index (χ4v) is 2.74. The molecule has 0 aliphatic carbocycles. The maximum absolute atomic E-state index is 6.08. The van der Waals surface area contributed by atoms with Crippen molar-refractivity contribution in [2.45, 2.75) is 42.8 Å². The van der Waals surface area contributed by atoms with Gasteiger partial charge in [-0.3, -0.25) is 0 Å². The Balaban J connectivity index is 2.26. The zero-order chi connectivity index (χ0) is 13.8. The quantitative estimate of drug-likeness (QED) is 0.912. The van der Waals surface area contributed by atoms with E-state index >= 15 is 0 Å². The molecule has 2 N–H and O–H groups in total. The molecule has 4 nitrogen and oxygen atoms in total. The standard InChI is InChI=1S/C14H20N4S/c1-4-12(15)8-11-7-10(2)5-6-13(11)19-14-17-16-9-18(14)3/h5-7,9,12H,4,8,15H2,1-3H3. The number of nitrogens with zero attached hydrogens (tertiary/aromatic N) is 3. The van der Waals surface area contributed by atoms with Gasteiger partial charge in [0, 0.05) is 18.0 Å². The molecule has 102 valence electrons. The molecular formula is C14H20N4S. The lowest BCUT2D eigenvalue weighted by Crippen LogP contribution is -2.21. The van der Waals surface area contributed by atoms with Gasteiger partial charge >= 0.3 is 0 Å². The minimum Gasteiger partial charge on any atom is -0.327 e. The number of hydrogen-bond donors (Lipinski definition) is 1. The van der Waals surface area contributed by atoms with Gasteiger partial charge in [0.25, 0.3) is 0 Å². The zero-order valence-electron chi connectivity index (χ0n) is 11.6. The van der Waals surface area contributed by atoms with Crippen molar-refractivity contribution < 1.29 is 0 Å². The van der Waals surface area contributed by atoms with E-state index < -0.39 is 0 Å². The summed E-state index contributed by atoms with van der Waals surface area (Å²) in [5, 5.41) is 8.93. The summed E-state index contributed by atoms with van der Waals surface area (Å²) in [6.07, 6.45) is 3.61. The highest BCUT2D eigenvalue weighted by molar-refractivity contribution is 7.99. The maximum Gasteiger partial charge on any atom is 0.195 e. The summed E-state index contributed by atoms with van der Waals surface area (Å²) in [6, 6.07) is 6.70. The van der Waals surface area contributed by atoms with E-state index in [4.69, 9.17) is 5.73 Å². The molecule has 0 saturated carbocycles. The normalized spacial score (nSPS) is 12.6. The van der Waals surface area contributed by atoms with Crippen molar-refractivity contribution in [3.05, 3.63) is 35.7 Å².